The molecule has 0 saturated carbocycles. The smallest absolute Gasteiger partial charge is 0.318 e. The van der Waals surface area contributed by atoms with E-state index in [4.69, 9.17) is 9.26 Å². The van der Waals surface area contributed by atoms with Crippen LogP contribution in [0.25, 0.3) is 0 Å². The van der Waals surface area contributed by atoms with Crippen LogP contribution >= 0.6 is 0 Å². The van der Waals surface area contributed by atoms with Crippen molar-refractivity contribution in [1.82, 2.24) is 15.1 Å². The number of carbonyl (C=O) groups excluding carboxylic acids is 1. The standard InChI is InChI=1S/C13H17N5O3/c1-7-10(8(2)21-17-7)12(19)15-9-6-14-13(20-5)16-11(9)18(3)4/h6H,1-5H3,(H,15,19). The second-order valence-electron chi connectivity index (χ2n) is 4.64. The Hall–Kier alpha value is -2.64. The summed E-state index contributed by atoms with van der Waals surface area (Å²) in [4.78, 5) is 22.3. The van der Waals surface area contributed by atoms with E-state index in [1.807, 2.05) is 14.1 Å². The molecular formula is C13H17N5O3. The van der Waals surface area contributed by atoms with Gasteiger partial charge in [-0.2, -0.15) is 4.98 Å². The highest BCUT2D eigenvalue weighted by Gasteiger charge is 2.20. The van der Waals surface area contributed by atoms with E-state index in [2.05, 4.69) is 20.4 Å². The average molecular weight is 291 g/mol. The molecule has 21 heavy (non-hydrogen) atoms. The van der Waals surface area contributed by atoms with Crippen LogP contribution in [-0.2, 0) is 0 Å². The van der Waals surface area contributed by atoms with Gasteiger partial charge in [-0.15, -0.1) is 0 Å². The van der Waals surface area contributed by atoms with E-state index in [0.717, 1.165) is 0 Å². The SMILES string of the molecule is COc1ncc(NC(=O)c2c(C)noc2C)c(N(C)C)n1. The van der Waals surface area contributed by atoms with Gasteiger partial charge in [0.2, 0.25) is 0 Å². The fourth-order valence-corrected chi connectivity index (χ4v) is 1.88. The third-order valence-electron chi connectivity index (χ3n) is 2.86. The molecule has 8 nitrogen and oxygen atoms in total. The predicted molar refractivity (Wildman–Crippen MR) is 76.8 cm³/mol. The second kappa shape index (κ2) is 5.78. The van der Waals surface area contributed by atoms with E-state index >= 15 is 0 Å². The molecule has 2 rings (SSSR count). The van der Waals surface area contributed by atoms with Crippen LogP contribution in [0.5, 0.6) is 6.01 Å². The number of aryl methyl sites for hydroxylation is 2. The molecule has 2 aromatic rings. The molecule has 1 N–H and O–H groups in total. The van der Waals surface area contributed by atoms with Crippen LogP contribution in [0.4, 0.5) is 11.5 Å². The second-order valence-corrected chi connectivity index (χ2v) is 4.64. The van der Waals surface area contributed by atoms with E-state index in [0.29, 0.717) is 28.5 Å². The van der Waals surface area contributed by atoms with Gasteiger partial charge in [-0.05, 0) is 13.8 Å². The van der Waals surface area contributed by atoms with Crippen molar-refractivity contribution in [3.05, 3.63) is 23.2 Å². The van der Waals surface area contributed by atoms with Gasteiger partial charge in [0.25, 0.3) is 5.91 Å². The maximum Gasteiger partial charge on any atom is 0.318 e. The molecule has 0 aromatic carbocycles. The highest BCUT2D eigenvalue weighted by molar-refractivity contribution is 6.06. The summed E-state index contributed by atoms with van der Waals surface area (Å²) in [6, 6.07) is 0.231. The fraction of sp³-hybridized carbons (Fsp3) is 0.385. The summed E-state index contributed by atoms with van der Waals surface area (Å²) in [5.41, 5.74) is 1.42. The van der Waals surface area contributed by atoms with E-state index in [1.165, 1.54) is 13.3 Å². The van der Waals surface area contributed by atoms with Crippen LogP contribution in [0.2, 0.25) is 0 Å². The normalized spacial score (nSPS) is 10.3. The topological polar surface area (TPSA) is 93.4 Å². The third kappa shape index (κ3) is 2.93. The summed E-state index contributed by atoms with van der Waals surface area (Å²) in [5, 5.41) is 6.53. The molecule has 0 aliphatic heterocycles. The Kier molecular flexibility index (Phi) is 4.06. The summed E-state index contributed by atoms with van der Waals surface area (Å²) in [5.74, 6) is 0.691. The van der Waals surface area contributed by atoms with Crippen LogP contribution in [-0.4, -0.2) is 42.2 Å². The van der Waals surface area contributed by atoms with Crippen molar-refractivity contribution in [3.63, 3.8) is 0 Å². The average Bonchev–Trinajstić information content (AvgIpc) is 2.78. The highest BCUT2D eigenvalue weighted by Crippen LogP contribution is 2.24. The van der Waals surface area contributed by atoms with Crippen molar-refractivity contribution >= 4 is 17.4 Å². The van der Waals surface area contributed by atoms with Crippen molar-refractivity contribution in [2.24, 2.45) is 0 Å². The monoisotopic (exact) mass is 291 g/mol. The Morgan fingerprint density at radius 3 is 2.62 bits per heavy atom. The van der Waals surface area contributed by atoms with E-state index in [9.17, 15) is 4.79 Å². The molecule has 2 aromatic heterocycles. The van der Waals surface area contributed by atoms with Crippen LogP contribution in [0.1, 0.15) is 21.8 Å². The minimum atomic E-state index is -0.317. The molecule has 8 heteroatoms. The molecule has 112 valence electrons. The Morgan fingerprint density at radius 2 is 2.10 bits per heavy atom. The fourth-order valence-electron chi connectivity index (χ4n) is 1.88. The van der Waals surface area contributed by atoms with Gasteiger partial charge >= 0.3 is 6.01 Å². The van der Waals surface area contributed by atoms with Crippen molar-refractivity contribution in [1.29, 1.82) is 0 Å². The lowest BCUT2D eigenvalue weighted by atomic mass is 10.2. The summed E-state index contributed by atoms with van der Waals surface area (Å²) in [7, 11) is 5.11. The number of methoxy groups -OCH3 is 1. The summed E-state index contributed by atoms with van der Waals surface area (Å²) >= 11 is 0. The summed E-state index contributed by atoms with van der Waals surface area (Å²) in [6.45, 7) is 3.40. The zero-order valence-corrected chi connectivity index (χ0v) is 12.6. The molecular weight excluding hydrogens is 274 g/mol. The Labute approximate surface area is 122 Å². The van der Waals surface area contributed by atoms with Crippen LogP contribution < -0.4 is 15.0 Å². The number of carbonyl (C=O) groups is 1. The summed E-state index contributed by atoms with van der Waals surface area (Å²) < 4.78 is 9.98. The highest BCUT2D eigenvalue weighted by atomic mass is 16.5. The van der Waals surface area contributed by atoms with Gasteiger partial charge in [0, 0.05) is 14.1 Å². The molecule has 0 radical (unpaired) electrons. The number of hydrogen-bond acceptors (Lipinski definition) is 7. The first-order valence-corrected chi connectivity index (χ1v) is 6.26. The van der Waals surface area contributed by atoms with Crippen LogP contribution in [0.3, 0.4) is 0 Å². The molecule has 0 unspecified atom stereocenters. The van der Waals surface area contributed by atoms with Crippen molar-refractivity contribution in [2.75, 3.05) is 31.4 Å². The van der Waals surface area contributed by atoms with Crippen molar-refractivity contribution in [2.45, 2.75) is 13.8 Å². The zero-order chi connectivity index (χ0) is 15.6. The quantitative estimate of drug-likeness (QED) is 0.910. The van der Waals surface area contributed by atoms with Crippen molar-refractivity contribution in [3.8, 4) is 6.01 Å². The minimum Gasteiger partial charge on any atom is -0.467 e. The first-order chi connectivity index (χ1) is 9.93. The number of hydrogen-bond donors (Lipinski definition) is 1. The number of nitrogens with zero attached hydrogens (tertiary/aromatic N) is 4. The number of aromatic nitrogens is 3. The maximum atomic E-state index is 12.3. The Morgan fingerprint density at radius 1 is 1.38 bits per heavy atom. The van der Waals surface area contributed by atoms with Gasteiger partial charge in [0.05, 0.1) is 19.0 Å². The molecule has 0 saturated heterocycles. The molecule has 0 aliphatic carbocycles. The van der Waals surface area contributed by atoms with Gasteiger partial charge < -0.3 is 19.5 Å². The number of ether oxygens (including phenoxy) is 1. The first kappa shape index (κ1) is 14.8. The lowest BCUT2D eigenvalue weighted by molar-refractivity contribution is 0.102. The number of rotatable bonds is 4. The first-order valence-electron chi connectivity index (χ1n) is 6.26. The summed E-state index contributed by atoms with van der Waals surface area (Å²) in [6.07, 6.45) is 1.50. The largest absolute Gasteiger partial charge is 0.467 e. The van der Waals surface area contributed by atoms with Crippen LogP contribution in [0, 0.1) is 13.8 Å². The maximum absolute atomic E-state index is 12.3. The molecule has 0 spiro atoms. The molecule has 0 fully saturated rings. The van der Waals surface area contributed by atoms with Gasteiger partial charge in [-0.25, -0.2) is 4.98 Å². The molecule has 1 amide bonds. The number of nitrogens with one attached hydrogen (secondary N) is 1. The number of anilines is 2. The predicted octanol–water partition coefficient (Wildman–Crippen LogP) is 1.41. The van der Waals surface area contributed by atoms with E-state index in [1.54, 1.807) is 18.7 Å². The molecule has 0 aliphatic rings. The van der Waals surface area contributed by atoms with Crippen molar-refractivity contribution < 1.29 is 14.1 Å². The van der Waals surface area contributed by atoms with E-state index < -0.39 is 0 Å². The number of amides is 1. The van der Waals surface area contributed by atoms with Gasteiger partial charge in [0.15, 0.2) is 5.82 Å². The lowest BCUT2D eigenvalue weighted by Crippen LogP contribution is -2.19. The third-order valence-corrected chi connectivity index (χ3v) is 2.86. The van der Waals surface area contributed by atoms with E-state index in [-0.39, 0.29) is 11.9 Å². The van der Waals surface area contributed by atoms with Gasteiger partial charge in [0.1, 0.15) is 17.0 Å². The van der Waals surface area contributed by atoms with Gasteiger partial charge in [-0.1, -0.05) is 5.16 Å². The minimum absolute atomic E-state index is 0.231. The zero-order valence-electron chi connectivity index (χ0n) is 12.6. The Balaban J connectivity index is 2.33. The molecule has 0 atom stereocenters. The van der Waals surface area contributed by atoms with Crippen LogP contribution in [0.15, 0.2) is 10.7 Å². The molecule has 0 bridgehead atoms. The lowest BCUT2D eigenvalue weighted by Gasteiger charge is -2.16. The molecule has 2 heterocycles. The van der Waals surface area contributed by atoms with Gasteiger partial charge in [-0.3, -0.25) is 4.79 Å². The Bertz CT molecular complexity index is 646.